The van der Waals surface area contributed by atoms with E-state index >= 15 is 0 Å². The molecule has 3 aromatic rings. The van der Waals surface area contributed by atoms with Gasteiger partial charge in [0.15, 0.2) is 6.61 Å². The number of benzene rings is 2. The Morgan fingerprint density at radius 3 is 2.56 bits per heavy atom. The van der Waals surface area contributed by atoms with Gasteiger partial charge in [-0.05, 0) is 54.7 Å². The molecule has 4 heterocycles. The molecular formula is C30H30N4O7. The predicted octanol–water partition coefficient (Wildman–Crippen LogP) is 1.87. The molecule has 11 heteroatoms. The number of H-pyrrole nitrogens is 1. The second-order valence-corrected chi connectivity index (χ2v) is 10.5. The third kappa shape index (κ3) is 6.51. The first-order valence-corrected chi connectivity index (χ1v) is 13.6. The molecule has 0 spiro atoms. The molecule has 4 aliphatic rings. The second kappa shape index (κ2) is 11.4. The maximum Gasteiger partial charge on any atom is 0.258 e. The van der Waals surface area contributed by atoms with Crippen LogP contribution in [0.3, 0.4) is 0 Å². The van der Waals surface area contributed by atoms with E-state index in [-0.39, 0.29) is 37.1 Å². The van der Waals surface area contributed by atoms with Crippen molar-refractivity contribution < 1.29 is 28.6 Å². The fourth-order valence-corrected chi connectivity index (χ4v) is 4.81. The smallest absolute Gasteiger partial charge is 0.258 e. The predicted molar refractivity (Wildman–Crippen MR) is 147 cm³/mol. The molecule has 1 aliphatic carbocycles. The first kappa shape index (κ1) is 26.4. The summed E-state index contributed by atoms with van der Waals surface area (Å²) >= 11 is 0. The van der Waals surface area contributed by atoms with Gasteiger partial charge in [-0.25, -0.2) is 0 Å². The first-order valence-electron chi connectivity index (χ1n) is 13.6. The van der Waals surface area contributed by atoms with Crippen molar-refractivity contribution in [2.75, 3.05) is 26.3 Å². The summed E-state index contributed by atoms with van der Waals surface area (Å²) in [6.07, 6.45) is 3.06. The number of rotatable bonds is 4. The van der Waals surface area contributed by atoms with E-state index in [1.807, 2.05) is 12.1 Å². The van der Waals surface area contributed by atoms with Crippen LogP contribution < -0.4 is 30.4 Å². The average Bonchev–Trinajstić information content (AvgIpc) is 3.74. The van der Waals surface area contributed by atoms with E-state index in [9.17, 15) is 19.2 Å². The molecule has 1 saturated carbocycles. The maximum absolute atomic E-state index is 13.5. The average molecular weight is 559 g/mol. The summed E-state index contributed by atoms with van der Waals surface area (Å²) in [7, 11) is 0. The van der Waals surface area contributed by atoms with Gasteiger partial charge < -0.3 is 34.7 Å². The van der Waals surface area contributed by atoms with Crippen LogP contribution in [0.2, 0.25) is 0 Å². The van der Waals surface area contributed by atoms with E-state index in [0.717, 1.165) is 18.4 Å². The minimum atomic E-state index is -0.545. The van der Waals surface area contributed by atoms with Gasteiger partial charge >= 0.3 is 0 Å². The quantitative estimate of drug-likeness (QED) is 0.444. The van der Waals surface area contributed by atoms with E-state index in [1.165, 1.54) is 18.3 Å². The van der Waals surface area contributed by atoms with Gasteiger partial charge in [0.05, 0.1) is 24.8 Å². The van der Waals surface area contributed by atoms with Crippen LogP contribution in [0.1, 0.15) is 39.1 Å². The lowest BCUT2D eigenvalue weighted by Crippen LogP contribution is -2.45. The Morgan fingerprint density at radius 1 is 0.976 bits per heavy atom. The van der Waals surface area contributed by atoms with Gasteiger partial charge in [0.1, 0.15) is 23.4 Å². The number of carbonyl (C=O) groups is 3. The Hall–Kier alpha value is -4.80. The number of hydrogen-bond acceptors (Lipinski definition) is 7. The van der Waals surface area contributed by atoms with Gasteiger partial charge in [0.25, 0.3) is 17.7 Å². The van der Waals surface area contributed by atoms with Crippen LogP contribution in [0.15, 0.2) is 65.6 Å². The van der Waals surface area contributed by atoms with Crippen molar-refractivity contribution in [3.05, 3.63) is 87.8 Å². The molecule has 11 nitrogen and oxygen atoms in total. The van der Waals surface area contributed by atoms with Crippen LogP contribution >= 0.6 is 0 Å². The standard InChI is InChI=1S/C30H30N4O7/c35-27-8-5-20(13-32-27)30(38)34-14-25-26(15-34)41-22-6-3-18(4-7-22)12-31-28(36)17-40-24-10-21(29(37)33-25)9-23(11-24)39-16-19-1-2-19/h3-11,13,19,25-26H,1-2,12,14-17H2,(H,31,36)(H,32,35)(H,33,37)/t25-,26-/m0/s1. The molecule has 1 saturated heterocycles. The molecule has 2 aromatic carbocycles. The fourth-order valence-electron chi connectivity index (χ4n) is 4.81. The van der Waals surface area contributed by atoms with Crippen LogP contribution in [0.4, 0.5) is 0 Å². The summed E-state index contributed by atoms with van der Waals surface area (Å²) in [6.45, 7) is 1.06. The SMILES string of the molecule is O=C1COc2cc(OCC3CC3)cc(c2)C(=O)N[C@H]2CN(C(=O)c3ccc(=O)[nH]c3)C[C@@H]2Oc2ccc(cc2)CN1. The van der Waals surface area contributed by atoms with Gasteiger partial charge in [-0.1, -0.05) is 12.1 Å². The van der Waals surface area contributed by atoms with Gasteiger partial charge in [-0.2, -0.15) is 0 Å². The summed E-state index contributed by atoms with van der Waals surface area (Å²) in [5, 5.41) is 5.85. The van der Waals surface area contributed by atoms with Gasteiger partial charge in [-0.3, -0.25) is 19.2 Å². The Bertz CT molecular complexity index is 1500. The van der Waals surface area contributed by atoms with E-state index < -0.39 is 18.1 Å². The lowest BCUT2D eigenvalue weighted by Gasteiger charge is -2.21. The number of nitrogens with one attached hydrogen (secondary N) is 3. The molecule has 3 N–H and O–H groups in total. The number of fused-ring (bicyclic) bond motifs is 7. The molecule has 41 heavy (non-hydrogen) atoms. The molecule has 7 rings (SSSR count). The number of nitrogens with zero attached hydrogens (tertiary/aromatic N) is 1. The van der Waals surface area contributed by atoms with Crippen molar-refractivity contribution in [3.8, 4) is 17.2 Å². The van der Waals surface area contributed by atoms with Crippen LogP contribution in [0.25, 0.3) is 0 Å². The number of ether oxygens (including phenoxy) is 3. The summed E-state index contributed by atoms with van der Waals surface area (Å²) in [6, 6.07) is 14.4. The van der Waals surface area contributed by atoms with Gasteiger partial charge in [0, 0.05) is 37.0 Å². The number of carbonyl (C=O) groups excluding carboxylic acids is 3. The zero-order valence-corrected chi connectivity index (χ0v) is 22.3. The molecule has 2 atom stereocenters. The second-order valence-electron chi connectivity index (χ2n) is 10.5. The number of aromatic amines is 1. The summed E-state index contributed by atoms with van der Waals surface area (Å²) in [5.41, 5.74) is 1.20. The third-order valence-electron chi connectivity index (χ3n) is 7.30. The highest BCUT2D eigenvalue weighted by molar-refractivity contribution is 5.96. The number of amides is 3. The number of pyridine rings is 1. The molecule has 2 fully saturated rings. The van der Waals surface area contributed by atoms with Crippen molar-refractivity contribution in [3.63, 3.8) is 0 Å². The van der Waals surface area contributed by atoms with Gasteiger partial charge in [0.2, 0.25) is 5.56 Å². The highest BCUT2D eigenvalue weighted by atomic mass is 16.5. The highest BCUT2D eigenvalue weighted by Gasteiger charge is 2.38. The van der Waals surface area contributed by atoms with Crippen molar-refractivity contribution in [1.29, 1.82) is 0 Å². The minimum absolute atomic E-state index is 0.200. The zero-order valence-electron chi connectivity index (χ0n) is 22.3. The topological polar surface area (TPSA) is 139 Å². The first-order chi connectivity index (χ1) is 19.9. The maximum atomic E-state index is 13.5. The largest absolute Gasteiger partial charge is 0.493 e. The molecule has 0 radical (unpaired) electrons. The summed E-state index contributed by atoms with van der Waals surface area (Å²) in [5.74, 6) is 0.899. The van der Waals surface area contributed by atoms with E-state index in [1.54, 1.807) is 35.2 Å². The van der Waals surface area contributed by atoms with Crippen molar-refractivity contribution in [2.24, 2.45) is 5.92 Å². The van der Waals surface area contributed by atoms with Crippen LogP contribution in [0.5, 0.6) is 17.2 Å². The van der Waals surface area contributed by atoms with E-state index in [2.05, 4.69) is 15.6 Å². The number of likely N-dealkylation sites (tertiary alicyclic amines) is 1. The van der Waals surface area contributed by atoms with Crippen LogP contribution in [-0.4, -0.2) is 66.1 Å². The van der Waals surface area contributed by atoms with Crippen molar-refractivity contribution in [2.45, 2.75) is 31.5 Å². The summed E-state index contributed by atoms with van der Waals surface area (Å²) in [4.78, 5) is 54.8. The zero-order chi connectivity index (χ0) is 28.3. The molecule has 4 bridgehead atoms. The molecule has 3 aliphatic heterocycles. The molecular weight excluding hydrogens is 528 g/mol. The van der Waals surface area contributed by atoms with Crippen molar-refractivity contribution >= 4 is 17.7 Å². The highest BCUT2D eigenvalue weighted by Crippen LogP contribution is 2.31. The molecule has 212 valence electrons. The van der Waals surface area contributed by atoms with Crippen molar-refractivity contribution in [1.82, 2.24) is 20.5 Å². The van der Waals surface area contributed by atoms with Crippen LogP contribution in [-0.2, 0) is 11.3 Å². The Morgan fingerprint density at radius 2 is 1.80 bits per heavy atom. The normalized spacial score (nSPS) is 20.6. The number of aromatic nitrogens is 1. The Labute approximate surface area is 235 Å². The lowest BCUT2D eigenvalue weighted by atomic mass is 10.1. The Kier molecular flexibility index (Phi) is 7.32. The van der Waals surface area contributed by atoms with Gasteiger partial charge in [-0.15, -0.1) is 0 Å². The lowest BCUT2D eigenvalue weighted by molar-refractivity contribution is -0.123. The third-order valence-corrected chi connectivity index (χ3v) is 7.30. The molecule has 1 aromatic heterocycles. The Balaban J connectivity index is 1.29. The van der Waals surface area contributed by atoms with Crippen LogP contribution in [0, 0.1) is 5.92 Å². The summed E-state index contributed by atoms with van der Waals surface area (Å²) < 4.78 is 17.9. The minimum Gasteiger partial charge on any atom is -0.493 e. The molecule has 3 amide bonds. The molecule has 0 unspecified atom stereocenters. The monoisotopic (exact) mass is 558 g/mol. The fraction of sp³-hybridized carbons (Fsp3) is 0.333. The van der Waals surface area contributed by atoms with E-state index in [4.69, 9.17) is 14.2 Å². The number of hydrogen-bond donors (Lipinski definition) is 3. The van der Waals surface area contributed by atoms with E-state index in [0.29, 0.717) is 47.4 Å².